The fourth-order valence-electron chi connectivity index (χ4n) is 2.46. The van der Waals surface area contributed by atoms with Gasteiger partial charge < -0.3 is 10.0 Å². The van der Waals surface area contributed by atoms with E-state index in [9.17, 15) is 5.11 Å². The molecule has 0 bridgehead atoms. The Hall–Kier alpha value is -2.17. The van der Waals surface area contributed by atoms with Crippen molar-refractivity contribution in [1.82, 2.24) is 14.3 Å². The molecule has 0 spiro atoms. The van der Waals surface area contributed by atoms with Crippen molar-refractivity contribution in [2.24, 2.45) is 0 Å². The highest BCUT2D eigenvalue weighted by molar-refractivity contribution is 7.71. The molecule has 114 valence electrons. The van der Waals surface area contributed by atoms with Gasteiger partial charge in [-0.2, -0.15) is 10.4 Å². The van der Waals surface area contributed by atoms with Crippen molar-refractivity contribution in [2.75, 3.05) is 11.9 Å². The number of aliphatic hydroxyl groups is 1. The highest BCUT2D eigenvalue weighted by Gasteiger charge is 2.28. The van der Waals surface area contributed by atoms with E-state index in [1.165, 1.54) is 0 Å². The smallest absolute Gasteiger partial charge is 0.199 e. The van der Waals surface area contributed by atoms with Crippen molar-refractivity contribution in [2.45, 2.75) is 32.2 Å². The van der Waals surface area contributed by atoms with E-state index in [2.05, 4.69) is 11.2 Å². The maximum absolute atomic E-state index is 9.46. The summed E-state index contributed by atoms with van der Waals surface area (Å²) in [6, 6.07) is 9.91. The summed E-state index contributed by atoms with van der Waals surface area (Å²) in [6.07, 6.45) is 2.18. The molecule has 7 heteroatoms. The number of nitrogens with zero attached hydrogens (tertiary/aromatic N) is 5. The molecule has 1 aliphatic carbocycles. The zero-order valence-electron chi connectivity index (χ0n) is 12.3. The van der Waals surface area contributed by atoms with Crippen molar-refractivity contribution in [3.63, 3.8) is 0 Å². The highest BCUT2D eigenvalue weighted by atomic mass is 32.1. The van der Waals surface area contributed by atoms with Gasteiger partial charge in [-0.3, -0.25) is 4.57 Å². The molecule has 1 aromatic carbocycles. The predicted molar refractivity (Wildman–Crippen MR) is 84.8 cm³/mol. The largest absolute Gasteiger partial charge is 0.388 e. The number of hydrogen-bond donors (Lipinski definition) is 1. The summed E-state index contributed by atoms with van der Waals surface area (Å²) in [6.45, 7) is 0.362. The number of nitriles is 1. The SMILES string of the molecule is CN(Cn1nc(CO)n(C2CC2)c1=S)c1cccc(C#N)c1. The molecule has 0 atom stereocenters. The lowest BCUT2D eigenvalue weighted by molar-refractivity contribution is 0.263. The minimum atomic E-state index is -0.110. The molecule has 3 rings (SSSR count). The summed E-state index contributed by atoms with van der Waals surface area (Å²) in [5.74, 6) is 0.617. The quantitative estimate of drug-likeness (QED) is 0.857. The molecular weight excluding hydrogens is 298 g/mol. The summed E-state index contributed by atoms with van der Waals surface area (Å²) >= 11 is 5.49. The first-order valence-corrected chi connectivity index (χ1v) is 7.55. The Kier molecular flexibility index (Phi) is 3.96. The van der Waals surface area contributed by atoms with E-state index >= 15 is 0 Å². The van der Waals surface area contributed by atoms with Crippen molar-refractivity contribution in [3.05, 3.63) is 40.4 Å². The van der Waals surface area contributed by atoms with Crippen LogP contribution in [0, 0.1) is 16.1 Å². The molecule has 22 heavy (non-hydrogen) atoms. The van der Waals surface area contributed by atoms with Crippen LogP contribution in [-0.2, 0) is 13.3 Å². The van der Waals surface area contributed by atoms with Gasteiger partial charge in [0.15, 0.2) is 10.6 Å². The van der Waals surface area contributed by atoms with E-state index < -0.39 is 0 Å². The number of anilines is 1. The first-order chi connectivity index (χ1) is 10.6. The molecule has 1 aliphatic rings. The Morgan fingerprint density at radius 3 is 2.91 bits per heavy atom. The van der Waals surface area contributed by atoms with Gasteiger partial charge >= 0.3 is 0 Å². The number of rotatable bonds is 5. The lowest BCUT2D eigenvalue weighted by atomic mass is 10.2. The Morgan fingerprint density at radius 2 is 2.27 bits per heavy atom. The molecule has 2 aromatic rings. The van der Waals surface area contributed by atoms with Crippen LogP contribution in [0.2, 0.25) is 0 Å². The molecule has 0 unspecified atom stereocenters. The highest BCUT2D eigenvalue weighted by Crippen LogP contribution is 2.36. The van der Waals surface area contributed by atoms with Crippen LogP contribution in [0.1, 0.15) is 30.3 Å². The first kappa shape index (κ1) is 14.8. The van der Waals surface area contributed by atoms with Gasteiger partial charge in [0.25, 0.3) is 0 Å². The van der Waals surface area contributed by atoms with Gasteiger partial charge in [-0.25, -0.2) is 4.68 Å². The minimum Gasteiger partial charge on any atom is -0.388 e. The number of benzene rings is 1. The minimum absolute atomic E-state index is 0.110. The molecule has 0 amide bonds. The van der Waals surface area contributed by atoms with Crippen LogP contribution in [0.3, 0.4) is 0 Å². The number of aromatic nitrogens is 3. The van der Waals surface area contributed by atoms with Gasteiger partial charge in [0.2, 0.25) is 0 Å². The second-order valence-electron chi connectivity index (χ2n) is 5.46. The zero-order valence-corrected chi connectivity index (χ0v) is 13.1. The van der Waals surface area contributed by atoms with Crippen LogP contribution in [0.15, 0.2) is 24.3 Å². The maximum atomic E-state index is 9.46. The molecular formula is C15H17N5OS. The van der Waals surface area contributed by atoms with Crippen LogP contribution in [0.4, 0.5) is 5.69 Å². The van der Waals surface area contributed by atoms with Gasteiger partial charge in [0.1, 0.15) is 13.3 Å². The normalized spacial score (nSPS) is 13.9. The first-order valence-electron chi connectivity index (χ1n) is 7.14. The maximum Gasteiger partial charge on any atom is 0.199 e. The average molecular weight is 315 g/mol. The molecule has 6 nitrogen and oxygen atoms in total. The summed E-state index contributed by atoms with van der Waals surface area (Å²) in [5, 5.41) is 22.9. The van der Waals surface area contributed by atoms with Gasteiger partial charge in [-0.15, -0.1) is 0 Å². The van der Waals surface area contributed by atoms with E-state index in [4.69, 9.17) is 17.5 Å². The molecule has 1 saturated carbocycles. The predicted octanol–water partition coefficient (Wildman–Crippen LogP) is 2.21. The van der Waals surface area contributed by atoms with Crippen molar-refractivity contribution >= 4 is 17.9 Å². The Bertz CT molecular complexity index is 784. The fraction of sp³-hybridized carbons (Fsp3) is 0.400. The molecule has 0 aliphatic heterocycles. The third kappa shape index (κ3) is 2.75. The van der Waals surface area contributed by atoms with Crippen LogP contribution >= 0.6 is 12.2 Å². The van der Waals surface area contributed by atoms with Gasteiger partial charge in [-0.05, 0) is 43.3 Å². The number of aliphatic hydroxyl groups excluding tert-OH is 1. The van der Waals surface area contributed by atoms with E-state index in [-0.39, 0.29) is 6.61 Å². The number of hydrogen-bond acceptors (Lipinski definition) is 5. The topological polar surface area (TPSA) is 70.0 Å². The molecule has 1 fully saturated rings. The Balaban J connectivity index is 1.86. The third-order valence-corrected chi connectivity index (χ3v) is 4.16. The molecule has 0 radical (unpaired) electrons. The van der Waals surface area contributed by atoms with E-state index in [0.29, 0.717) is 28.9 Å². The molecule has 1 N–H and O–H groups in total. The second kappa shape index (κ2) is 5.91. The van der Waals surface area contributed by atoms with Crippen molar-refractivity contribution in [3.8, 4) is 6.07 Å². The lowest BCUT2D eigenvalue weighted by Gasteiger charge is -2.19. The Labute approximate surface area is 133 Å². The molecule has 0 saturated heterocycles. The van der Waals surface area contributed by atoms with E-state index in [0.717, 1.165) is 18.5 Å². The summed E-state index contributed by atoms with van der Waals surface area (Å²) in [7, 11) is 1.92. The summed E-state index contributed by atoms with van der Waals surface area (Å²) in [5.41, 5.74) is 1.54. The van der Waals surface area contributed by atoms with Crippen molar-refractivity contribution < 1.29 is 5.11 Å². The van der Waals surface area contributed by atoms with Crippen LogP contribution in [0.25, 0.3) is 0 Å². The average Bonchev–Trinajstić information content (AvgIpc) is 3.33. The fourth-order valence-corrected chi connectivity index (χ4v) is 2.81. The van der Waals surface area contributed by atoms with Crippen LogP contribution in [-0.4, -0.2) is 26.5 Å². The molecule has 1 heterocycles. The van der Waals surface area contributed by atoms with E-state index in [1.807, 2.05) is 34.7 Å². The molecule has 1 aromatic heterocycles. The van der Waals surface area contributed by atoms with Gasteiger partial charge in [0.05, 0.1) is 11.6 Å². The van der Waals surface area contributed by atoms with Gasteiger partial charge in [0, 0.05) is 18.8 Å². The standard InChI is InChI=1S/C15H17N5OS/c1-18(13-4-2-3-11(7-13)8-16)10-19-15(22)20(12-5-6-12)14(9-21)17-19/h2-4,7,12,21H,5-6,9-10H2,1H3. The summed E-state index contributed by atoms with van der Waals surface area (Å²) < 4.78 is 4.31. The summed E-state index contributed by atoms with van der Waals surface area (Å²) in [4.78, 5) is 1.97. The third-order valence-electron chi connectivity index (χ3n) is 3.76. The van der Waals surface area contributed by atoms with Crippen molar-refractivity contribution in [1.29, 1.82) is 5.26 Å². The van der Waals surface area contributed by atoms with Crippen LogP contribution in [0.5, 0.6) is 0 Å². The van der Waals surface area contributed by atoms with Crippen LogP contribution < -0.4 is 4.90 Å². The van der Waals surface area contributed by atoms with E-state index in [1.54, 1.807) is 10.7 Å². The van der Waals surface area contributed by atoms with Gasteiger partial charge in [-0.1, -0.05) is 6.07 Å². The monoisotopic (exact) mass is 315 g/mol. The Morgan fingerprint density at radius 1 is 1.50 bits per heavy atom. The lowest BCUT2D eigenvalue weighted by Crippen LogP contribution is -2.22. The second-order valence-corrected chi connectivity index (χ2v) is 5.82. The zero-order chi connectivity index (χ0) is 15.7.